The van der Waals surface area contributed by atoms with Crippen LogP contribution in [-0.2, 0) is 4.79 Å². The first-order valence-corrected chi connectivity index (χ1v) is 8.29. The Morgan fingerprint density at radius 3 is 2.92 bits per heavy atom. The lowest BCUT2D eigenvalue weighted by molar-refractivity contribution is -0.119. The SMILES string of the molecule is COc1cccc(Oc2nccnc2[C@H]2CCCN(CC(N)=O)C2)c1. The van der Waals surface area contributed by atoms with E-state index in [1.54, 1.807) is 25.6 Å². The molecule has 1 aliphatic heterocycles. The van der Waals surface area contributed by atoms with Gasteiger partial charge in [-0.1, -0.05) is 6.07 Å². The summed E-state index contributed by atoms with van der Waals surface area (Å²) in [6.45, 7) is 1.85. The number of aromatic nitrogens is 2. The van der Waals surface area contributed by atoms with Gasteiger partial charge in [-0.25, -0.2) is 4.98 Å². The molecular formula is C18H22N4O3. The van der Waals surface area contributed by atoms with Gasteiger partial charge in [0.05, 0.1) is 13.7 Å². The highest BCUT2D eigenvalue weighted by Crippen LogP contribution is 2.33. The van der Waals surface area contributed by atoms with Crippen molar-refractivity contribution in [2.24, 2.45) is 5.73 Å². The van der Waals surface area contributed by atoms with Gasteiger partial charge in [0, 0.05) is 30.9 Å². The van der Waals surface area contributed by atoms with Crippen LogP contribution in [0.15, 0.2) is 36.7 Å². The molecule has 1 fully saturated rings. The van der Waals surface area contributed by atoms with E-state index in [0.717, 1.165) is 31.6 Å². The largest absolute Gasteiger partial charge is 0.497 e. The third-order valence-corrected chi connectivity index (χ3v) is 4.22. The Morgan fingerprint density at radius 1 is 1.32 bits per heavy atom. The second-order valence-corrected chi connectivity index (χ2v) is 6.07. The fourth-order valence-corrected chi connectivity index (χ4v) is 3.11. The van der Waals surface area contributed by atoms with E-state index in [1.165, 1.54) is 0 Å². The number of hydrogen-bond donors (Lipinski definition) is 1. The lowest BCUT2D eigenvalue weighted by Gasteiger charge is -2.31. The Kier molecular flexibility index (Phi) is 5.45. The molecule has 1 amide bonds. The topological polar surface area (TPSA) is 90.6 Å². The summed E-state index contributed by atoms with van der Waals surface area (Å²) < 4.78 is 11.2. The van der Waals surface area contributed by atoms with Gasteiger partial charge in [-0.2, -0.15) is 0 Å². The molecule has 3 rings (SSSR count). The van der Waals surface area contributed by atoms with Crippen molar-refractivity contribution < 1.29 is 14.3 Å². The van der Waals surface area contributed by atoms with Crippen LogP contribution in [-0.4, -0.2) is 47.5 Å². The molecule has 1 saturated heterocycles. The summed E-state index contributed by atoms with van der Waals surface area (Å²) in [5.41, 5.74) is 6.13. The minimum atomic E-state index is -0.312. The van der Waals surface area contributed by atoms with Gasteiger partial charge in [0.1, 0.15) is 17.2 Å². The quantitative estimate of drug-likeness (QED) is 0.863. The molecule has 0 radical (unpaired) electrons. The van der Waals surface area contributed by atoms with Crippen molar-refractivity contribution >= 4 is 5.91 Å². The van der Waals surface area contributed by atoms with Gasteiger partial charge >= 0.3 is 0 Å². The molecule has 132 valence electrons. The molecule has 1 aromatic carbocycles. The maximum atomic E-state index is 11.2. The second kappa shape index (κ2) is 7.94. The third kappa shape index (κ3) is 4.45. The molecule has 2 heterocycles. The van der Waals surface area contributed by atoms with E-state index in [0.29, 0.717) is 17.4 Å². The first kappa shape index (κ1) is 17.2. The van der Waals surface area contributed by atoms with Crippen molar-refractivity contribution in [1.82, 2.24) is 14.9 Å². The zero-order chi connectivity index (χ0) is 17.6. The fourth-order valence-electron chi connectivity index (χ4n) is 3.11. The monoisotopic (exact) mass is 342 g/mol. The molecule has 1 atom stereocenters. The van der Waals surface area contributed by atoms with E-state index in [-0.39, 0.29) is 18.4 Å². The molecule has 1 aromatic heterocycles. The van der Waals surface area contributed by atoms with Gasteiger partial charge < -0.3 is 15.2 Å². The van der Waals surface area contributed by atoms with E-state index in [9.17, 15) is 4.79 Å². The Balaban J connectivity index is 1.79. The number of likely N-dealkylation sites (tertiary alicyclic amines) is 1. The van der Waals surface area contributed by atoms with Crippen LogP contribution in [0.3, 0.4) is 0 Å². The van der Waals surface area contributed by atoms with Crippen LogP contribution < -0.4 is 15.2 Å². The zero-order valence-corrected chi connectivity index (χ0v) is 14.2. The van der Waals surface area contributed by atoms with E-state index < -0.39 is 0 Å². The summed E-state index contributed by atoms with van der Waals surface area (Å²) >= 11 is 0. The van der Waals surface area contributed by atoms with Gasteiger partial charge in [0.15, 0.2) is 0 Å². The van der Waals surface area contributed by atoms with Crippen molar-refractivity contribution in [2.75, 3.05) is 26.7 Å². The normalized spacial score (nSPS) is 17.9. The number of hydrogen-bond acceptors (Lipinski definition) is 6. The maximum Gasteiger partial charge on any atom is 0.241 e. The van der Waals surface area contributed by atoms with Gasteiger partial charge in [-0.15, -0.1) is 0 Å². The summed E-state index contributed by atoms with van der Waals surface area (Å²) in [6.07, 6.45) is 5.24. The van der Waals surface area contributed by atoms with E-state index >= 15 is 0 Å². The van der Waals surface area contributed by atoms with Gasteiger partial charge in [0.25, 0.3) is 0 Å². The highest BCUT2D eigenvalue weighted by atomic mass is 16.5. The molecule has 7 nitrogen and oxygen atoms in total. The van der Waals surface area contributed by atoms with Crippen LogP contribution in [0.1, 0.15) is 24.5 Å². The van der Waals surface area contributed by atoms with Crippen LogP contribution in [0.4, 0.5) is 0 Å². The molecule has 0 saturated carbocycles. The number of ether oxygens (including phenoxy) is 2. The molecule has 0 bridgehead atoms. The molecule has 25 heavy (non-hydrogen) atoms. The number of rotatable bonds is 6. The van der Waals surface area contributed by atoms with Gasteiger partial charge in [-0.3, -0.25) is 14.7 Å². The minimum absolute atomic E-state index is 0.155. The van der Waals surface area contributed by atoms with Crippen LogP contribution in [0.25, 0.3) is 0 Å². The summed E-state index contributed by atoms with van der Waals surface area (Å²) in [6, 6.07) is 7.37. The summed E-state index contributed by atoms with van der Waals surface area (Å²) in [5.74, 6) is 1.69. The van der Waals surface area contributed by atoms with Gasteiger partial charge in [0.2, 0.25) is 11.8 Å². The molecule has 2 aromatic rings. The summed E-state index contributed by atoms with van der Waals surface area (Å²) in [4.78, 5) is 22.1. The number of primary amides is 1. The number of nitrogens with zero attached hydrogens (tertiary/aromatic N) is 3. The van der Waals surface area contributed by atoms with Crippen molar-refractivity contribution in [3.8, 4) is 17.4 Å². The first-order valence-electron chi connectivity index (χ1n) is 8.29. The number of piperidine rings is 1. The standard InChI is InChI=1S/C18H22N4O3/c1-24-14-5-2-6-15(10-14)25-18-17(20-7-8-21-18)13-4-3-9-22(11-13)12-16(19)23/h2,5-8,10,13H,3-4,9,11-12H2,1H3,(H2,19,23)/t13-/m0/s1. The molecule has 2 N–H and O–H groups in total. The lowest BCUT2D eigenvalue weighted by atomic mass is 9.94. The average molecular weight is 342 g/mol. The molecule has 0 spiro atoms. The summed E-state index contributed by atoms with van der Waals surface area (Å²) in [5, 5.41) is 0. The highest BCUT2D eigenvalue weighted by Gasteiger charge is 2.26. The Labute approximate surface area is 146 Å². The molecular weight excluding hydrogens is 320 g/mol. The second-order valence-electron chi connectivity index (χ2n) is 6.07. The lowest BCUT2D eigenvalue weighted by Crippen LogP contribution is -2.40. The van der Waals surface area contributed by atoms with Crippen molar-refractivity contribution in [3.63, 3.8) is 0 Å². The number of carbonyl (C=O) groups is 1. The number of carbonyl (C=O) groups excluding carboxylic acids is 1. The summed E-state index contributed by atoms with van der Waals surface area (Å²) in [7, 11) is 1.61. The fraction of sp³-hybridized carbons (Fsp3) is 0.389. The zero-order valence-electron chi connectivity index (χ0n) is 14.2. The average Bonchev–Trinajstić information content (AvgIpc) is 2.62. The van der Waals surface area contributed by atoms with Crippen molar-refractivity contribution in [3.05, 3.63) is 42.4 Å². The Morgan fingerprint density at radius 2 is 2.12 bits per heavy atom. The predicted molar refractivity (Wildman–Crippen MR) is 92.7 cm³/mol. The minimum Gasteiger partial charge on any atom is -0.497 e. The highest BCUT2D eigenvalue weighted by molar-refractivity contribution is 5.75. The van der Waals surface area contributed by atoms with E-state index in [1.807, 2.05) is 18.2 Å². The number of benzene rings is 1. The number of methoxy groups -OCH3 is 1. The number of nitrogens with two attached hydrogens (primary N) is 1. The molecule has 7 heteroatoms. The van der Waals surface area contributed by atoms with Crippen LogP contribution >= 0.6 is 0 Å². The van der Waals surface area contributed by atoms with Crippen LogP contribution in [0.5, 0.6) is 17.4 Å². The first-order chi connectivity index (χ1) is 12.2. The van der Waals surface area contributed by atoms with E-state index in [2.05, 4.69) is 14.9 Å². The Bertz CT molecular complexity index is 738. The number of amides is 1. The molecule has 1 aliphatic rings. The Hall–Kier alpha value is -2.67. The maximum absolute atomic E-state index is 11.2. The van der Waals surface area contributed by atoms with E-state index in [4.69, 9.17) is 15.2 Å². The molecule has 0 aliphatic carbocycles. The van der Waals surface area contributed by atoms with Crippen LogP contribution in [0, 0.1) is 0 Å². The van der Waals surface area contributed by atoms with Crippen molar-refractivity contribution in [1.29, 1.82) is 0 Å². The molecule has 0 unspecified atom stereocenters. The van der Waals surface area contributed by atoms with Crippen LogP contribution in [0.2, 0.25) is 0 Å². The smallest absolute Gasteiger partial charge is 0.241 e. The predicted octanol–water partition coefficient (Wildman–Crippen LogP) is 1.94. The van der Waals surface area contributed by atoms with Crippen molar-refractivity contribution in [2.45, 2.75) is 18.8 Å². The van der Waals surface area contributed by atoms with Gasteiger partial charge in [-0.05, 0) is 31.5 Å². The third-order valence-electron chi connectivity index (χ3n) is 4.22.